The van der Waals surface area contributed by atoms with Crippen LogP contribution < -0.4 is 10.1 Å². The van der Waals surface area contributed by atoms with Crippen LogP contribution >= 0.6 is 0 Å². The quantitative estimate of drug-likeness (QED) is 0.881. The minimum absolute atomic E-state index is 0.149. The predicted octanol–water partition coefficient (Wildman–Crippen LogP) is 4.52. The molecule has 116 valence electrons. The monoisotopic (exact) mass is 297 g/mol. The van der Waals surface area contributed by atoms with Crippen LogP contribution in [0.3, 0.4) is 0 Å². The second-order valence-electron chi connectivity index (χ2n) is 5.81. The molecule has 0 aromatic heterocycles. The van der Waals surface area contributed by atoms with Crippen LogP contribution in [0.25, 0.3) is 0 Å². The van der Waals surface area contributed by atoms with Crippen molar-refractivity contribution in [1.82, 2.24) is 0 Å². The number of amides is 1. The number of aryl methyl sites for hydroxylation is 1. The molecule has 22 heavy (non-hydrogen) atoms. The molecular formula is C19H23NO2. The molecule has 0 radical (unpaired) electrons. The Morgan fingerprint density at radius 1 is 1.05 bits per heavy atom. The van der Waals surface area contributed by atoms with E-state index in [1.54, 1.807) is 6.92 Å². The molecule has 0 saturated heterocycles. The zero-order valence-corrected chi connectivity index (χ0v) is 13.6. The van der Waals surface area contributed by atoms with Gasteiger partial charge in [0.25, 0.3) is 5.91 Å². The van der Waals surface area contributed by atoms with Crippen LogP contribution in [-0.2, 0) is 4.79 Å². The summed E-state index contributed by atoms with van der Waals surface area (Å²) in [5.74, 6) is 0.969. The number of hydrogen-bond acceptors (Lipinski definition) is 2. The summed E-state index contributed by atoms with van der Waals surface area (Å²) in [6.45, 7) is 7.98. The van der Waals surface area contributed by atoms with Crippen LogP contribution in [0.2, 0.25) is 0 Å². The van der Waals surface area contributed by atoms with Crippen molar-refractivity contribution in [1.29, 1.82) is 0 Å². The first kappa shape index (κ1) is 16.1. The molecule has 0 spiro atoms. The van der Waals surface area contributed by atoms with E-state index in [9.17, 15) is 4.79 Å². The van der Waals surface area contributed by atoms with Crippen LogP contribution in [0, 0.1) is 6.92 Å². The van der Waals surface area contributed by atoms with E-state index in [0.717, 1.165) is 22.6 Å². The summed E-state index contributed by atoms with van der Waals surface area (Å²) >= 11 is 0. The van der Waals surface area contributed by atoms with Crippen molar-refractivity contribution in [3.05, 3.63) is 59.7 Å². The number of benzene rings is 2. The van der Waals surface area contributed by atoms with Crippen LogP contribution in [0.1, 0.15) is 37.8 Å². The van der Waals surface area contributed by atoms with E-state index in [4.69, 9.17) is 4.74 Å². The fourth-order valence-corrected chi connectivity index (χ4v) is 2.28. The van der Waals surface area contributed by atoms with Crippen LogP contribution in [0.5, 0.6) is 5.75 Å². The maximum Gasteiger partial charge on any atom is 0.265 e. The Morgan fingerprint density at radius 2 is 1.77 bits per heavy atom. The van der Waals surface area contributed by atoms with Crippen molar-refractivity contribution in [3.8, 4) is 5.75 Å². The van der Waals surface area contributed by atoms with Crippen molar-refractivity contribution >= 4 is 11.6 Å². The highest BCUT2D eigenvalue weighted by Gasteiger charge is 2.17. The Morgan fingerprint density at radius 3 is 2.45 bits per heavy atom. The number of ether oxygens (including phenoxy) is 1. The number of para-hydroxylation sites is 1. The maximum absolute atomic E-state index is 12.3. The van der Waals surface area contributed by atoms with E-state index < -0.39 is 6.10 Å². The minimum atomic E-state index is -0.555. The van der Waals surface area contributed by atoms with Gasteiger partial charge in [-0.2, -0.15) is 0 Å². The van der Waals surface area contributed by atoms with Gasteiger partial charge < -0.3 is 10.1 Å². The van der Waals surface area contributed by atoms with Gasteiger partial charge in [0.15, 0.2) is 6.10 Å². The third-order valence-corrected chi connectivity index (χ3v) is 3.50. The van der Waals surface area contributed by atoms with E-state index >= 15 is 0 Å². The second kappa shape index (κ2) is 7.12. The molecule has 2 rings (SSSR count). The van der Waals surface area contributed by atoms with Gasteiger partial charge in [0.05, 0.1) is 0 Å². The minimum Gasteiger partial charge on any atom is -0.481 e. The molecule has 0 aliphatic rings. The molecule has 3 nitrogen and oxygen atoms in total. The molecule has 0 saturated carbocycles. The fourth-order valence-electron chi connectivity index (χ4n) is 2.28. The normalized spacial score (nSPS) is 12.0. The predicted molar refractivity (Wildman–Crippen MR) is 90.4 cm³/mol. The SMILES string of the molecule is Cc1cccc(NC(=O)[C@H](C)Oc2ccccc2C(C)C)c1. The molecule has 1 atom stereocenters. The van der Waals surface area contributed by atoms with Gasteiger partial charge in [0.1, 0.15) is 5.75 Å². The largest absolute Gasteiger partial charge is 0.481 e. The second-order valence-corrected chi connectivity index (χ2v) is 5.81. The summed E-state index contributed by atoms with van der Waals surface area (Å²) in [5, 5.41) is 2.89. The molecule has 1 amide bonds. The number of carbonyl (C=O) groups excluding carboxylic acids is 1. The highest BCUT2D eigenvalue weighted by atomic mass is 16.5. The first-order chi connectivity index (χ1) is 10.5. The van der Waals surface area contributed by atoms with Crippen molar-refractivity contribution in [3.63, 3.8) is 0 Å². The first-order valence-corrected chi connectivity index (χ1v) is 7.60. The summed E-state index contributed by atoms with van der Waals surface area (Å²) in [6.07, 6.45) is -0.555. The molecule has 2 aromatic rings. The highest BCUT2D eigenvalue weighted by molar-refractivity contribution is 5.94. The lowest BCUT2D eigenvalue weighted by Crippen LogP contribution is -2.30. The van der Waals surface area contributed by atoms with Crippen molar-refractivity contribution in [2.24, 2.45) is 0 Å². The Bertz CT molecular complexity index is 649. The van der Waals surface area contributed by atoms with Crippen molar-refractivity contribution < 1.29 is 9.53 Å². The standard InChI is InChI=1S/C19H23NO2/c1-13(2)17-10-5-6-11-18(17)22-15(4)19(21)20-16-9-7-8-14(3)12-16/h5-13,15H,1-4H3,(H,20,21)/t15-/m0/s1. The summed E-state index contributed by atoms with van der Waals surface area (Å²) in [4.78, 5) is 12.3. The van der Waals surface area contributed by atoms with Crippen LogP contribution in [0.4, 0.5) is 5.69 Å². The number of anilines is 1. The van der Waals surface area contributed by atoms with E-state index in [1.165, 1.54) is 0 Å². The Balaban J connectivity index is 2.06. The molecular weight excluding hydrogens is 274 g/mol. The summed E-state index contributed by atoms with van der Waals surface area (Å²) in [7, 11) is 0. The summed E-state index contributed by atoms with van der Waals surface area (Å²) < 4.78 is 5.86. The Labute approximate surface area is 132 Å². The van der Waals surface area contributed by atoms with Crippen LogP contribution in [0.15, 0.2) is 48.5 Å². The fraction of sp³-hybridized carbons (Fsp3) is 0.316. The average molecular weight is 297 g/mol. The van der Waals surface area contributed by atoms with E-state index in [-0.39, 0.29) is 5.91 Å². The van der Waals surface area contributed by atoms with Gasteiger partial charge in [0, 0.05) is 5.69 Å². The molecule has 3 heteroatoms. The Kier molecular flexibility index (Phi) is 5.21. The molecule has 1 N–H and O–H groups in total. The number of nitrogens with one attached hydrogen (secondary N) is 1. The lowest BCUT2D eigenvalue weighted by Gasteiger charge is -2.18. The highest BCUT2D eigenvalue weighted by Crippen LogP contribution is 2.26. The summed E-state index contributed by atoms with van der Waals surface area (Å²) in [5.41, 5.74) is 3.01. The van der Waals surface area contributed by atoms with Gasteiger partial charge >= 0.3 is 0 Å². The van der Waals surface area contributed by atoms with Gasteiger partial charge in [-0.05, 0) is 49.1 Å². The lowest BCUT2D eigenvalue weighted by molar-refractivity contribution is -0.122. The van der Waals surface area contributed by atoms with E-state index in [1.807, 2.05) is 55.5 Å². The van der Waals surface area contributed by atoms with Crippen molar-refractivity contribution in [2.75, 3.05) is 5.32 Å². The zero-order chi connectivity index (χ0) is 16.1. The van der Waals surface area contributed by atoms with E-state index in [2.05, 4.69) is 19.2 Å². The average Bonchev–Trinajstić information content (AvgIpc) is 2.47. The van der Waals surface area contributed by atoms with Crippen LogP contribution in [-0.4, -0.2) is 12.0 Å². The smallest absolute Gasteiger partial charge is 0.265 e. The summed E-state index contributed by atoms with van der Waals surface area (Å²) in [6, 6.07) is 15.6. The third-order valence-electron chi connectivity index (χ3n) is 3.50. The molecule has 0 bridgehead atoms. The van der Waals surface area contributed by atoms with Gasteiger partial charge in [-0.1, -0.05) is 44.2 Å². The molecule has 0 unspecified atom stereocenters. The van der Waals surface area contributed by atoms with E-state index in [0.29, 0.717) is 5.92 Å². The Hall–Kier alpha value is -2.29. The van der Waals surface area contributed by atoms with Crippen molar-refractivity contribution in [2.45, 2.75) is 39.7 Å². The zero-order valence-electron chi connectivity index (χ0n) is 13.6. The van der Waals surface area contributed by atoms with Gasteiger partial charge in [-0.25, -0.2) is 0 Å². The maximum atomic E-state index is 12.3. The molecule has 0 aliphatic heterocycles. The topological polar surface area (TPSA) is 38.3 Å². The molecule has 0 aliphatic carbocycles. The third kappa shape index (κ3) is 4.10. The lowest BCUT2D eigenvalue weighted by atomic mass is 10.0. The molecule has 0 heterocycles. The number of hydrogen-bond donors (Lipinski definition) is 1. The number of rotatable bonds is 5. The van der Waals surface area contributed by atoms with Gasteiger partial charge in [-0.15, -0.1) is 0 Å². The molecule has 2 aromatic carbocycles. The number of carbonyl (C=O) groups is 1. The first-order valence-electron chi connectivity index (χ1n) is 7.60. The van der Waals surface area contributed by atoms with Gasteiger partial charge in [-0.3, -0.25) is 4.79 Å². The van der Waals surface area contributed by atoms with Gasteiger partial charge in [0.2, 0.25) is 0 Å². The molecule has 0 fully saturated rings.